The summed E-state index contributed by atoms with van der Waals surface area (Å²) in [7, 11) is 1.83. The van der Waals surface area contributed by atoms with Crippen LogP contribution in [0.4, 0.5) is 0 Å². The predicted molar refractivity (Wildman–Crippen MR) is 102 cm³/mol. The monoisotopic (exact) mass is 346 g/mol. The van der Waals surface area contributed by atoms with Crippen molar-refractivity contribution in [2.24, 2.45) is 0 Å². The molecule has 1 amide bonds. The van der Waals surface area contributed by atoms with Gasteiger partial charge in [-0.25, -0.2) is 0 Å². The zero-order chi connectivity index (χ0) is 18.4. The molecule has 0 radical (unpaired) electrons. The number of ether oxygens (including phenoxy) is 1. The van der Waals surface area contributed by atoms with Crippen molar-refractivity contribution in [3.63, 3.8) is 0 Å². The normalized spacial score (nSPS) is 11.6. The van der Waals surface area contributed by atoms with Crippen LogP contribution >= 0.6 is 0 Å². The lowest BCUT2D eigenvalue weighted by molar-refractivity contribution is 0.0742. The van der Waals surface area contributed by atoms with Gasteiger partial charge in [-0.15, -0.1) is 0 Å². The molecule has 26 heavy (non-hydrogen) atoms. The average Bonchev–Trinajstić information content (AvgIpc) is 2.72. The zero-order valence-corrected chi connectivity index (χ0v) is 15.0. The molecule has 1 unspecified atom stereocenters. The van der Waals surface area contributed by atoms with Crippen LogP contribution in [-0.2, 0) is 6.61 Å². The summed E-state index contributed by atoms with van der Waals surface area (Å²) in [6, 6.07) is 21.1. The molecule has 0 aliphatic heterocycles. The van der Waals surface area contributed by atoms with Gasteiger partial charge in [0, 0.05) is 25.0 Å². The fraction of sp³-hybridized carbons (Fsp3) is 0.182. The van der Waals surface area contributed by atoms with E-state index >= 15 is 0 Å². The summed E-state index contributed by atoms with van der Waals surface area (Å²) in [5.41, 5.74) is 2.81. The van der Waals surface area contributed by atoms with Crippen molar-refractivity contribution in [3.8, 4) is 5.75 Å². The van der Waals surface area contributed by atoms with Crippen molar-refractivity contribution in [2.75, 3.05) is 7.05 Å². The molecule has 0 aliphatic rings. The second-order valence-electron chi connectivity index (χ2n) is 6.17. The first-order valence-corrected chi connectivity index (χ1v) is 8.59. The standard InChI is InChI=1S/C22H22N2O2/c1-17(19-6-4-3-5-7-19)24(2)22(25)20-8-10-21(11-9-20)26-16-18-12-14-23-15-13-18/h3-15,17H,16H2,1-2H3. The summed E-state index contributed by atoms with van der Waals surface area (Å²) in [6.07, 6.45) is 3.48. The van der Waals surface area contributed by atoms with E-state index in [4.69, 9.17) is 4.74 Å². The van der Waals surface area contributed by atoms with E-state index in [0.717, 1.165) is 16.9 Å². The largest absolute Gasteiger partial charge is 0.489 e. The van der Waals surface area contributed by atoms with Crippen LogP contribution in [0.3, 0.4) is 0 Å². The lowest BCUT2D eigenvalue weighted by Gasteiger charge is -2.25. The number of hydrogen-bond donors (Lipinski definition) is 0. The van der Waals surface area contributed by atoms with Crippen LogP contribution in [0.5, 0.6) is 5.75 Å². The molecule has 0 spiro atoms. The average molecular weight is 346 g/mol. The summed E-state index contributed by atoms with van der Waals surface area (Å²) in [5, 5.41) is 0. The van der Waals surface area contributed by atoms with Gasteiger partial charge in [0.05, 0.1) is 6.04 Å². The van der Waals surface area contributed by atoms with Gasteiger partial charge in [0.2, 0.25) is 0 Å². The minimum atomic E-state index is -0.0120. The fourth-order valence-electron chi connectivity index (χ4n) is 2.67. The Bertz CT molecular complexity index is 833. The first-order chi connectivity index (χ1) is 12.6. The summed E-state index contributed by atoms with van der Waals surface area (Å²) < 4.78 is 5.75. The minimum absolute atomic E-state index is 0.00585. The van der Waals surface area contributed by atoms with Crippen LogP contribution in [0, 0.1) is 0 Å². The Kier molecular flexibility index (Phi) is 5.64. The van der Waals surface area contributed by atoms with Crippen LogP contribution in [0.1, 0.15) is 34.5 Å². The third kappa shape index (κ3) is 4.28. The van der Waals surface area contributed by atoms with E-state index in [1.54, 1.807) is 29.4 Å². The third-order valence-electron chi connectivity index (χ3n) is 4.44. The molecule has 0 bridgehead atoms. The zero-order valence-electron chi connectivity index (χ0n) is 15.0. The summed E-state index contributed by atoms with van der Waals surface area (Å²) in [5.74, 6) is 0.721. The molecule has 4 nitrogen and oxygen atoms in total. The van der Waals surface area contributed by atoms with Crippen LogP contribution in [-0.4, -0.2) is 22.8 Å². The Morgan fingerprint density at radius 3 is 2.31 bits per heavy atom. The highest BCUT2D eigenvalue weighted by Crippen LogP contribution is 2.21. The Morgan fingerprint density at radius 1 is 1.00 bits per heavy atom. The second kappa shape index (κ2) is 8.30. The lowest BCUT2D eigenvalue weighted by Crippen LogP contribution is -2.29. The predicted octanol–water partition coefficient (Wildman–Crippen LogP) is 4.49. The van der Waals surface area contributed by atoms with Crippen molar-refractivity contribution in [3.05, 3.63) is 95.8 Å². The van der Waals surface area contributed by atoms with Crippen molar-refractivity contribution < 1.29 is 9.53 Å². The van der Waals surface area contributed by atoms with E-state index in [1.807, 2.05) is 68.6 Å². The molecule has 3 rings (SSSR count). The van der Waals surface area contributed by atoms with Crippen LogP contribution in [0.15, 0.2) is 79.1 Å². The van der Waals surface area contributed by atoms with Crippen LogP contribution < -0.4 is 4.74 Å². The van der Waals surface area contributed by atoms with Gasteiger partial charge >= 0.3 is 0 Å². The van der Waals surface area contributed by atoms with Gasteiger partial charge in [-0.3, -0.25) is 9.78 Å². The quantitative estimate of drug-likeness (QED) is 0.660. The number of nitrogens with zero attached hydrogens (tertiary/aromatic N) is 2. The highest BCUT2D eigenvalue weighted by Gasteiger charge is 2.18. The van der Waals surface area contributed by atoms with Crippen molar-refractivity contribution in [2.45, 2.75) is 19.6 Å². The number of aromatic nitrogens is 1. The molecular formula is C22H22N2O2. The second-order valence-corrected chi connectivity index (χ2v) is 6.17. The van der Waals surface area contributed by atoms with E-state index in [-0.39, 0.29) is 11.9 Å². The fourth-order valence-corrected chi connectivity index (χ4v) is 2.67. The van der Waals surface area contributed by atoms with Crippen molar-refractivity contribution in [1.29, 1.82) is 0 Å². The Labute approximate surface area is 154 Å². The van der Waals surface area contributed by atoms with E-state index < -0.39 is 0 Å². The molecule has 4 heteroatoms. The third-order valence-corrected chi connectivity index (χ3v) is 4.44. The summed E-state index contributed by atoms with van der Waals surface area (Å²) >= 11 is 0. The summed E-state index contributed by atoms with van der Waals surface area (Å²) in [4.78, 5) is 18.5. The number of rotatable bonds is 6. The summed E-state index contributed by atoms with van der Waals surface area (Å²) in [6.45, 7) is 2.50. The van der Waals surface area contributed by atoms with Crippen molar-refractivity contribution in [1.82, 2.24) is 9.88 Å². The maximum atomic E-state index is 12.7. The number of hydrogen-bond acceptors (Lipinski definition) is 3. The molecule has 1 heterocycles. The Balaban J connectivity index is 1.63. The Morgan fingerprint density at radius 2 is 1.65 bits per heavy atom. The van der Waals surface area contributed by atoms with Gasteiger partial charge in [0.15, 0.2) is 0 Å². The molecule has 0 saturated heterocycles. The topological polar surface area (TPSA) is 42.4 Å². The maximum absolute atomic E-state index is 12.7. The number of amides is 1. The highest BCUT2D eigenvalue weighted by atomic mass is 16.5. The molecule has 0 aliphatic carbocycles. The van der Waals surface area contributed by atoms with E-state index in [0.29, 0.717) is 12.2 Å². The molecule has 132 valence electrons. The number of carbonyl (C=O) groups excluding carboxylic acids is 1. The highest BCUT2D eigenvalue weighted by molar-refractivity contribution is 5.94. The first-order valence-electron chi connectivity index (χ1n) is 8.59. The van der Waals surface area contributed by atoms with Gasteiger partial charge in [-0.2, -0.15) is 0 Å². The minimum Gasteiger partial charge on any atom is -0.489 e. The molecule has 2 aromatic carbocycles. The van der Waals surface area contributed by atoms with E-state index in [1.165, 1.54) is 0 Å². The van der Waals surface area contributed by atoms with Gasteiger partial charge in [-0.05, 0) is 54.4 Å². The lowest BCUT2D eigenvalue weighted by atomic mass is 10.1. The first kappa shape index (κ1) is 17.7. The smallest absolute Gasteiger partial charge is 0.254 e. The molecule has 0 fully saturated rings. The molecule has 3 aromatic rings. The molecule has 1 atom stereocenters. The van der Waals surface area contributed by atoms with Gasteiger partial charge in [0.1, 0.15) is 12.4 Å². The molecule has 0 N–H and O–H groups in total. The molecule has 1 aromatic heterocycles. The number of pyridine rings is 1. The van der Waals surface area contributed by atoms with E-state index in [2.05, 4.69) is 4.98 Å². The van der Waals surface area contributed by atoms with E-state index in [9.17, 15) is 4.79 Å². The Hall–Kier alpha value is -3.14. The van der Waals surface area contributed by atoms with Crippen molar-refractivity contribution >= 4 is 5.91 Å². The van der Waals surface area contributed by atoms with Crippen LogP contribution in [0.25, 0.3) is 0 Å². The van der Waals surface area contributed by atoms with Crippen LogP contribution in [0.2, 0.25) is 0 Å². The van der Waals surface area contributed by atoms with Gasteiger partial charge < -0.3 is 9.64 Å². The molecular weight excluding hydrogens is 324 g/mol. The molecule has 0 saturated carbocycles. The number of carbonyl (C=O) groups is 1. The SMILES string of the molecule is CC(c1ccccc1)N(C)C(=O)c1ccc(OCc2ccncc2)cc1. The number of benzene rings is 2. The van der Waals surface area contributed by atoms with Gasteiger partial charge in [-0.1, -0.05) is 30.3 Å². The maximum Gasteiger partial charge on any atom is 0.254 e. The van der Waals surface area contributed by atoms with Gasteiger partial charge in [0.25, 0.3) is 5.91 Å².